The van der Waals surface area contributed by atoms with Crippen molar-refractivity contribution in [3.8, 4) is 36.2 Å². The Morgan fingerprint density at radius 2 is 1.35 bits per heavy atom. The number of terminal acetylenes is 2. The van der Waals surface area contributed by atoms with Crippen LogP contribution in [0.15, 0.2) is 41.2 Å². The smallest absolute Gasteiger partial charge is 0.195 e. The largest absolute Gasteiger partial charge is 0.481 e. The Morgan fingerprint density at radius 1 is 0.870 bits per heavy atom. The zero-order valence-corrected chi connectivity index (χ0v) is 13.0. The number of benzene rings is 2. The predicted octanol–water partition coefficient (Wildman–Crippen LogP) is 3.44. The van der Waals surface area contributed by atoms with Gasteiger partial charge in [-0.15, -0.1) is 24.2 Å². The summed E-state index contributed by atoms with van der Waals surface area (Å²) in [4.78, 5) is 12.6. The van der Waals surface area contributed by atoms with Crippen LogP contribution in [0.2, 0.25) is 0 Å². The van der Waals surface area contributed by atoms with Gasteiger partial charge in [0.15, 0.2) is 5.43 Å². The van der Waals surface area contributed by atoms with Crippen LogP contribution < -0.4 is 14.9 Å². The van der Waals surface area contributed by atoms with Crippen molar-refractivity contribution in [3.05, 3.63) is 46.6 Å². The van der Waals surface area contributed by atoms with Crippen LogP contribution in [0.25, 0.3) is 20.2 Å². The maximum absolute atomic E-state index is 12.6. The SMILES string of the molecule is C#CCOc1ccc2c(=O)c3ccc(OCC#C)cc3sc2c1. The number of rotatable bonds is 4. The highest BCUT2D eigenvalue weighted by molar-refractivity contribution is 7.24. The minimum atomic E-state index is -0.0132. The Bertz CT molecular complexity index is 940. The Morgan fingerprint density at radius 3 is 1.78 bits per heavy atom. The van der Waals surface area contributed by atoms with Gasteiger partial charge < -0.3 is 9.47 Å². The lowest BCUT2D eigenvalue weighted by Gasteiger charge is -2.06. The third kappa shape index (κ3) is 2.99. The highest BCUT2D eigenvalue weighted by Gasteiger charge is 2.08. The van der Waals surface area contributed by atoms with Crippen molar-refractivity contribution in [1.29, 1.82) is 0 Å². The first kappa shape index (κ1) is 15.0. The molecule has 3 nitrogen and oxygen atoms in total. The Balaban J connectivity index is 2.14. The summed E-state index contributed by atoms with van der Waals surface area (Å²) < 4.78 is 12.5. The Hall–Kier alpha value is -2.95. The van der Waals surface area contributed by atoms with Crippen molar-refractivity contribution < 1.29 is 9.47 Å². The van der Waals surface area contributed by atoms with Gasteiger partial charge in [-0.05, 0) is 36.4 Å². The topological polar surface area (TPSA) is 35.5 Å². The number of ether oxygens (including phenoxy) is 2. The zero-order chi connectivity index (χ0) is 16.2. The summed E-state index contributed by atoms with van der Waals surface area (Å²) in [5.41, 5.74) is -0.0132. The lowest BCUT2D eigenvalue weighted by Crippen LogP contribution is -2.02. The van der Waals surface area contributed by atoms with Crippen molar-refractivity contribution >= 4 is 31.5 Å². The first-order valence-corrected chi connectivity index (χ1v) is 7.67. The molecule has 1 aromatic heterocycles. The van der Waals surface area contributed by atoms with E-state index in [2.05, 4.69) is 11.8 Å². The quantitative estimate of drug-likeness (QED) is 0.546. The first-order chi connectivity index (χ1) is 11.2. The molecule has 0 fully saturated rings. The fraction of sp³-hybridized carbons (Fsp3) is 0.105. The second-order valence-corrected chi connectivity index (χ2v) is 5.82. The molecule has 0 atom stereocenters. The van der Waals surface area contributed by atoms with Crippen molar-refractivity contribution in [2.45, 2.75) is 0 Å². The minimum Gasteiger partial charge on any atom is -0.481 e. The average molecular weight is 320 g/mol. The van der Waals surface area contributed by atoms with Crippen molar-refractivity contribution in [2.24, 2.45) is 0 Å². The fourth-order valence-electron chi connectivity index (χ4n) is 2.24. The summed E-state index contributed by atoms with van der Waals surface area (Å²) in [5, 5.41) is 1.32. The van der Waals surface area contributed by atoms with E-state index < -0.39 is 0 Å². The minimum absolute atomic E-state index is 0.0132. The van der Waals surface area contributed by atoms with Crippen molar-refractivity contribution in [2.75, 3.05) is 13.2 Å². The van der Waals surface area contributed by atoms with Gasteiger partial charge in [0.25, 0.3) is 0 Å². The van der Waals surface area contributed by atoms with E-state index in [4.69, 9.17) is 22.3 Å². The summed E-state index contributed by atoms with van der Waals surface area (Å²) >= 11 is 1.50. The Kier molecular flexibility index (Phi) is 4.19. The van der Waals surface area contributed by atoms with Crippen LogP contribution in [0.4, 0.5) is 0 Å². The number of hydrogen-bond acceptors (Lipinski definition) is 4. The van der Waals surface area contributed by atoms with Gasteiger partial charge in [-0.2, -0.15) is 0 Å². The Labute approximate surface area is 137 Å². The van der Waals surface area contributed by atoms with Gasteiger partial charge in [0, 0.05) is 20.2 Å². The summed E-state index contributed by atoms with van der Waals surface area (Å²) in [5.74, 6) is 6.13. The monoisotopic (exact) mass is 320 g/mol. The normalized spacial score (nSPS) is 10.2. The molecule has 112 valence electrons. The molecule has 23 heavy (non-hydrogen) atoms. The molecule has 0 amide bonds. The van der Waals surface area contributed by atoms with E-state index in [9.17, 15) is 4.79 Å². The summed E-state index contributed by atoms with van der Waals surface area (Å²) in [7, 11) is 0. The second-order valence-electron chi connectivity index (χ2n) is 4.73. The van der Waals surface area contributed by atoms with E-state index >= 15 is 0 Å². The molecule has 0 aliphatic carbocycles. The molecule has 0 spiro atoms. The third-order valence-electron chi connectivity index (χ3n) is 3.26. The van der Waals surface area contributed by atoms with Crippen LogP contribution in [0.5, 0.6) is 11.5 Å². The van der Waals surface area contributed by atoms with E-state index in [0.717, 1.165) is 9.40 Å². The molecule has 0 aliphatic heterocycles. The highest BCUT2D eigenvalue weighted by Crippen LogP contribution is 2.30. The summed E-state index contributed by atoms with van der Waals surface area (Å²) in [6, 6.07) is 10.7. The summed E-state index contributed by atoms with van der Waals surface area (Å²) in [6.45, 7) is 0.385. The van der Waals surface area contributed by atoms with E-state index in [1.165, 1.54) is 11.3 Å². The van der Waals surface area contributed by atoms with Gasteiger partial charge >= 0.3 is 0 Å². The van der Waals surface area contributed by atoms with Crippen LogP contribution >= 0.6 is 11.3 Å². The van der Waals surface area contributed by atoms with Crippen LogP contribution in [-0.2, 0) is 0 Å². The van der Waals surface area contributed by atoms with Crippen LogP contribution in [0, 0.1) is 24.7 Å². The van der Waals surface area contributed by atoms with Gasteiger partial charge in [0.2, 0.25) is 0 Å². The average Bonchev–Trinajstić information content (AvgIpc) is 2.57. The molecule has 2 aromatic carbocycles. The molecule has 3 aromatic rings. The molecule has 4 heteroatoms. The first-order valence-electron chi connectivity index (χ1n) is 6.86. The number of fused-ring (bicyclic) bond motifs is 2. The van der Waals surface area contributed by atoms with E-state index in [1.807, 2.05) is 12.1 Å². The zero-order valence-electron chi connectivity index (χ0n) is 12.2. The van der Waals surface area contributed by atoms with Crippen molar-refractivity contribution in [1.82, 2.24) is 0 Å². The van der Waals surface area contributed by atoms with Gasteiger partial charge in [0.05, 0.1) is 0 Å². The van der Waals surface area contributed by atoms with Gasteiger partial charge in [0.1, 0.15) is 24.7 Å². The van der Waals surface area contributed by atoms with Gasteiger partial charge in [-0.25, -0.2) is 0 Å². The number of hydrogen-bond donors (Lipinski definition) is 0. The molecule has 0 aliphatic rings. The van der Waals surface area contributed by atoms with Gasteiger partial charge in [-0.1, -0.05) is 11.8 Å². The molecule has 0 N–H and O–H groups in total. The van der Waals surface area contributed by atoms with E-state index in [1.54, 1.807) is 24.3 Å². The molecular formula is C19H12O3S. The molecule has 0 unspecified atom stereocenters. The van der Waals surface area contributed by atoms with Crippen LogP contribution in [-0.4, -0.2) is 13.2 Å². The molecule has 0 saturated carbocycles. The lowest BCUT2D eigenvalue weighted by atomic mass is 10.2. The van der Waals surface area contributed by atoms with E-state index in [0.29, 0.717) is 22.3 Å². The third-order valence-corrected chi connectivity index (χ3v) is 4.38. The lowest BCUT2D eigenvalue weighted by molar-refractivity contribution is 0.371. The second kappa shape index (κ2) is 6.44. The highest BCUT2D eigenvalue weighted by atomic mass is 32.1. The van der Waals surface area contributed by atoms with E-state index in [-0.39, 0.29) is 18.6 Å². The molecule has 3 rings (SSSR count). The van der Waals surface area contributed by atoms with Gasteiger partial charge in [-0.3, -0.25) is 4.79 Å². The van der Waals surface area contributed by atoms with Crippen molar-refractivity contribution in [3.63, 3.8) is 0 Å². The van der Waals surface area contributed by atoms with Crippen LogP contribution in [0.3, 0.4) is 0 Å². The standard InChI is InChI=1S/C19H12O3S/c1-3-9-21-13-5-7-15-17(11-13)23-18-12-14(22-10-4-2)6-8-16(18)19(15)20/h1-2,5-8,11-12H,9-10H2. The maximum Gasteiger partial charge on any atom is 0.195 e. The molecule has 0 saturated heterocycles. The molecular weight excluding hydrogens is 308 g/mol. The molecule has 1 heterocycles. The van der Waals surface area contributed by atoms with Crippen LogP contribution in [0.1, 0.15) is 0 Å². The predicted molar refractivity (Wildman–Crippen MR) is 94.3 cm³/mol. The summed E-state index contributed by atoms with van der Waals surface area (Å²) in [6.07, 6.45) is 10.4. The molecule has 0 bridgehead atoms. The maximum atomic E-state index is 12.6. The molecule has 0 radical (unpaired) electrons. The fourth-order valence-corrected chi connectivity index (χ4v) is 3.37.